The van der Waals surface area contributed by atoms with Crippen LogP contribution >= 0.6 is 11.8 Å². The van der Waals surface area contributed by atoms with Gasteiger partial charge in [0.1, 0.15) is 5.40 Å². The summed E-state index contributed by atoms with van der Waals surface area (Å²) in [5.41, 5.74) is 0. The molecule has 0 spiro atoms. The minimum atomic E-state index is 0.811. The minimum absolute atomic E-state index is 0.811. The van der Waals surface area contributed by atoms with Crippen molar-refractivity contribution in [3.8, 4) is 5.40 Å². The lowest BCUT2D eigenvalue weighted by Gasteiger charge is -1.94. The van der Waals surface area contributed by atoms with E-state index in [4.69, 9.17) is 10.00 Å². The first kappa shape index (κ1) is 8.80. The third-order valence-corrected chi connectivity index (χ3v) is 1.53. The Morgan fingerprint density at radius 3 is 2.89 bits per heavy atom. The molecule has 0 atom stereocenters. The highest BCUT2D eigenvalue weighted by atomic mass is 32.2. The summed E-state index contributed by atoms with van der Waals surface area (Å²) in [4.78, 5) is 0. The number of methoxy groups -OCH3 is 1. The number of thiocyanates is 1. The van der Waals surface area contributed by atoms with Gasteiger partial charge in [-0.1, -0.05) is 0 Å². The van der Waals surface area contributed by atoms with Crippen molar-refractivity contribution >= 4 is 11.8 Å². The number of nitrogens with zero attached hydrogens (tertiary/aromatic N) is 1. The average molecular weight is 145 g/mol. The van der Waals surface area contributed by atoms with Gasteiger partial charge in [-0.2, -0.15) is 5.26 Å². The van der Waals surface area contributed by atoms with Gasteiger partial charge in [-0.3, -0.25) is 0 Å². The number of ether oxygens (including phenoxy) is 1. The van der Waals surface area contributed by atoms with Crippen molar-refractivity contribution in [1.29, 1.82) is 5.26 Å². The lowest BCUT2D eigenvalue weighted by atomic mass is 10.4. The third kappa shape index (κ3) is 7.80. The first-order chi connectivity index (χ1) is 4.41. The highest BCUT2D eigenvalue weighted by molar-refractivity contribution is 8.03. The Morgan fingerprint density at radius 2 is 2.33 bits per heavy atom. The molecule has 0 heterocycles. The topological polar surface area (TPSA) is 33.0 Å². The maximum Gasteiger partial charge on any atom is 0.133 e. The SMILES string of the molecule is COCCCCSC#N. The maximum atomic E-state index is 8.10. The molecule has 0 fully saturated rings. The van der Waals surface area contributed by atoms with E-state index in [2.05, 4.69) is 0 Å². The second-order valence-corrected chi connectivity index (χ2v) is 2.52. The molecule has 0 aromatic carbocycles. The van der Waals surface area contributed by atoms with Crippen molar-refractivity contribution in [2.45, 2.75) is 12.8 Å². The molecule has 0 rings (SSSR count). The lowest BCUT2D eigenvalue weighted by Crippen LogP contribution is -1.88. The smallest absolute Gasteiger partial charge is 0.133 e. The van der Waals surface area contributed by atoms with Crippen LogP contribution in [0.1, 0.15) is 12.8 Å². The van der Waals surface area contributed by atoms with Crippen molar-refractivity contribution in [3.63, 3.8) is 0 Å². The molecule has 0 radical (unpaired) electrons. The first-order valence-electron chi connectivity index (χ1n) is 2.91. The van der Waals surface area contributed by atoms with Crippen LogP contribution in [-0.4, -0.2) is 19.5 Å². The average Bonchev–Trinajstić information content (AvgIpc) is 1.89. The molecule has 0 unspecified atom stereocenters. The summed E-state index contributed by atoms with van der Waals surface area (Å²) >= 11 is 1.31. The van der Waals surface area contributed by atoms with Crippen LogP contribution in [0.4, 0.5) is 0 Å². The zero-order valence-electron chi connectivity index (χ0n) is 5.59. The molecule has 0 aliphatic carbocycles. The highest BCUT2D eigenvalue weighted by Gasteiger charge is 1.86. The van der Waals surface area contributed by atoms with E-state index in [1.807, 2.05) is 5.40 Å². The summed E-state index contributed by atoms with van der Waals surface area (Å²) in [5.74, 6) is 0.930. The Labute approximate surface area is 60.2 Å². The molecule has 0 aromatic heterocycles. The van der Waals surface area contributed by atoms with E-state index in [0.717, 1.165) is 25.2 Å². The van der Waals surface area contributed by atoms with Crippen LogP contribution in [-0.2, 0) is 4.74 Å². The standard InChI is InChI=1S/C6H11NOS/c1-8-4-2-3-5-9-6-7/h2-5H2,1H3. The molecule has 0 aliphatic rings. The summed E-state index contributed by atoms with van der Waals surface area (Å²) in [6.07, 6.45) is 2.14. The zero-order valence-corrected chi connectivity index (χ0v) is 6.41. The van der Waals surface area contributed by atoms with Crippen molar-refractivity contribution < 1.29 is 4.74 Å². The Morgan fingerprint density at radius 1 is 1.56 bits per heavy atom. The third-order valence-electron chi connectivity index (χ3n) is 0.909. The van der Waals surface area contributed by atoms with Gasteiger partial charge in [0.05, 0.1) is 0 Å². The van der Waals surface area contributed by atoms with Crippen LogP contribution in [0.2, 0.25) is 0 Å². The van der Waals surface area contributed by atoms with Gasteiger partial charge in [0.2, 0.25) is 0 Å². The van der Waals surface area contributed by atoms with Gasteiger partial charge in [-0.05, 0) is 24.6 Å². The fourth-order valence-corrected chi connectivity index (χ4v) is 0.906. The van der Waals surface area contributed by atoms with Crippen molar-refractivity contribution in [3.05, 3.63) is 0 Å². The van der Waals surface area contributed by atoms with Gasteiger partial charge in [0.25, 0.3) is 0 Å². The quantitative estimate of drug-likeness (QED) is 0.435. The first-order valence-corrected chi connectivity index (χ1v) is 3.90. The van der Waals surface area contributed by atoms with E-state index in [0.29, 0.717) is 0 Å². The van der Waals surface area contributed by atoms with Crippen LogP contribution in [0.25, 0.3) is 0 Å². The summed E-state index contributed by atoms with van der Waals surface area (Å²) in [7, 11) is 1.69. The predicted molar refractivity (Wildman–Crippen MR) is 39.2 cm³/mol. The van der Waals surface area contributed by atoms with E-state index in [-0.39, 0.29) is 0 Å². The maximum absolute atomic E-state index is 8.10. The van der Waals surface area contributed by atoms with Crippen LogP contribution in [0.5, 0.6) is 0 Å². The van der Waals surface area contributed by atoms with Gasteiger partial charge in [0, 0.05) is 19.5 Å². The van der Waals surface area contributed by atoms with E-state index in [9.17, 15) is 0 Å². The van der Waals surface area contributed by atoms with Crippen LogP contribution in [0, 0.1) is 10.7 Å². The van der Waals surface area contributed by atoms with Gasteiger partial charge in [0.15, 0.2) is 0 Å². The Bertz CT molecular complexity index is 89.5. The van der Waals surface area contributed by atoms with E-state index in [1.165, 1.54) is 11.8 Å². The predicted octanol–water partition coefficient (Wildman–Crippen LogP) is 1.63. The van der Waals surface area contributed by atoms with Crippen LogP contribution in [0.15, 0.2) is 0 Å². The molecule has 0 bridgehead atoms. The molecule has 0 aliphatic heterocycles. The van der Waals surface area contributed by atoms with Crippen molar-refractivity contribution in [2.75, 3.05) is 19.5 Å². The second kappa shape index (κ2) is 7.80. The molecular weight excluding hydrogens is 134 g/mol. The number of hydrogen-bond acceptors (Lipinski definition) is 3. The molecule has 9 heavy (non-hydrogen) atoms. The normalized spacial score (nSPS) is 8.89. The molecule has 2 nitrogen and oxygen atoms in total. The Kier molecular flexibility index (Phi) is 7.63. The van der Waals surface area contributed by atoms with Gasteiger partial charge >= 0.3 is 0 Å². The molecular formula is C6H11NOS. The number of rotatable bonds is 5. The van der Waals surface area contributed by atoms with E-state index < -0.39 is 0 Å². The number of nitriles is 1. The van der Waals surface area contributed by atoms with Crippen molar-refractivity contribution in [2.24, 2.45) is 0 Å². The number of thioether (sulfide) groups is 1. The fourth-order valence-electron chi connectivity index (χ4n) is 0.466. The number of unbranched alkanes of at least 4 members (excludes halogenated alkanes) is 1. The Hall–Kier alpha value is -0.200. The highest BCUT2D eigenvalue weighted by Crippen LogP contribution is 2.00. The lowest BCUT2D eigenvalue weighted by molar-refractivity contribution is 0.194. The number of hydrogen-bond donors (Lipinski definition) is 0. The second-order valence-electron chi connectivity index (χ2n) is 1.64. The minimum Gasteiger partial charge on any atom is -0.385 e. The van der Waals surface area contributed by atoms with E-state index >= 15 is 0 Å². The molecule has 0 saturated heterocycles. The van der Waals surface area contributed by atoms with Gasteiger partial charge in [-0.15, -0.1) is 0 Å². The monoisotopic (exact) mass is 145 g/mol. The largest absolute Gasteiger partial charge is 0.385 e. The summed E-state index contributed by atoms with van der Waals surface area (Å²) in [6, 6.07) is 0. The summed E-state index contributed by atoms with van der Waals surface area (Å²) in [5, 5.41) is 10.1. The summed E-state index contributed by atoms with van der Waals surface area (Å²) in [6.45, 7) is 0.811. The van der Waals surface area contributed by atoms with Crippen LogP contribution < -0.4 is 0 Å². The van der Waals surface area contributed by atoms with Crippen molar-refractivity contribution in [1.82, 2.24) is 0 Å². The molecule has 0 saturated carbocycles. The summed E-state index contributed by atoms with van der Waals surface area (Å²) < 4.78 is 4.83. The molecule has 3 heteroatoms. The molecule has 0 N–H and O–H groups in total. The molecule has 0 amide bonds. The molecule has 0 aromatic rings. The fraction of sp³-hybridized carbons (Fsp3) is 0.833. The Balaban J connectivity index is 2.69. The molecule has 52 valence electrons. The zero-order chi connectivity index (χ0) is 6.95. The van der Waals surface area contributed by atoms with Gasteiger partial charge in [-0.25, -0.2) is 0 Å². The van der Waals surface area contributed by atoms with Crippen LogP contribution in [0.3, 0.4) is 0 Å². The van der Waals surface area contributed by atoms with E-state index in [1.54, 1.807) is 7.11 Å². The van der Waals surface area contributed by atoms with Gasteiger partial charge < -0.3 is 4.74 Å².